The Morgan fingerprint density at radius 3 is 2.62 bits per heavy atom. The van der Waals surface area contributed by atoms with Crippen LogP contribution in [0, 0.1) is 13.8 Å². The molecule has 1 aromatic carbocycles. The van der Waals surface area contributed by atoms with Crippen LogP contribution in [-0.4, -0.2) is 39.1 Å². The van der Waals surface area contributed by atoms with Crippen LogP contribution in [0.5, 0.6) is 0 Å². The van der Waals surface area contributed by atoms with Crippen LogP contribution in [0.15, 0.2) is 33.7 Å². The Kier molecular flexibility index (Phi) is 6.11. The lowest BCUT2D eigenvalue weighted by molar-refractivity contribution is -0.116. The molecule has 9 nitrogen and oxygen atoms in total. The molecule has 26 heavy (non-hydrogen) atoms. The van der Waals surface area contributed by atoms with Gasteiger partial charge in [-0.25, -0.2) is 17.9 Å². The van der Waals surface area contributed by atoms with Gasteiger partial charge in [-0.3, -0.25) is 4.79 Å². The van der Waals surface area contributed by atoms with Gasteiger partial charge in [-0.15, -0.1) is 0 Å². The average Bonchev–Trinajstić information content (AvgIpc) is 2.93. The standard InChI is InChI=1S/C16H19N3O6S/c1-10-15(11(2)25-19-10)26(22,23)17-8-7-14(20)18-13-6-4-5-12(9-13)16(21)24-3/h4-6,9,17H,7-8H2,1-3H3,(H,18,20). The van der Waals surface area contributed by atoms with Crippen molar-refractivity contribution in [3.8, 4) is 0 Å². The first-order chi connectivity index (χ1) is 12.2. The monoisotopic (exact) mass is 381 g/mol. The van der Waals surface area contributed by atoms with Crippen molar-refractivity contribution in [3.63, 3.8) is 0 Å². The number of nitrogens with zero attached hydrogens (tertiary/aromatic N) is 1. The number of methoxy groups -OCH3 is 1. The van der Waals surface area contributed by atoms with Gasteiger partial charge in [0, 0.05) is 18.7 Å². The topological polar surface area (TPSA) is 128 Å². The van der Waals surface area contributed by atoms with E-state index in [4.69, 9.17) is 4.52 Å². The average molecular weight is 381 g/mol. The van der Waals surface area contributed by atoms with Gasteiger partial charge in [0.15, 0.2) is 5.76 Å². The predicted octanol–water partition coefficient (Wildman–Crippen LogP) is 1.39. The zero-order valence-corrected chi connectivity index (χ0v) is 15.3. The normalized spacial score (nSPS) is 11.2. The molecule has 0 bridgehead atoms. The first kappa shape index (κ1) is 19.6. The van der Waals surface area contributed by atoms with Gasteiger partial charge in [0.1, 0.15) is 10.6 Å². The van der Waals surface area contributed by atoms with E-state index in [9.17, 15) is 18.0 Å². The van der Waals surface area contributed by atoms with Gasteiger partial charge in [-0.1, -0.05) is 11.2 Å². The molecule has 0 aliphatic rings. The Balaban J connectivity index is 1.92. The maximum absolute atomic E-state index is 12.2. The highest BCUT2D eigenvalue weighted by Crippen LogP contribution is 2.18. The first-order valence-corrected chi connectivity index (χ1v) is 9.13. The molecular weight excluding hydrogens is 362 g/mol. The van der Waals surface area contributed by atoms with Crippen molar-refractivity contribution in [2.24, 2.45) is 0 Å². The van der Waals surface area contributed by atoms with Crippen LogP contribution in [0.3, 0.4) is 0 Å². The fraction of sp³-hybridized carbons (Fsp3) is 0.312. The minimum atomic E-state index is -3.82. The minimum Gasteiger partial charge on any atom is -0.465 e. The summed E-state index contributed by atoms with van der Waals surface area (Å²) in [5.74, 6) is -0.749. The van der Waals surface area contributed by atoms with E-state index in [-0.39, 0.29) is 29.3 Å². The maximum atomic E-state index is 12.2. The molecule has 0 saturated heterocycles. The molecule has 0 saturated carbocycles. The number of rotatable bonds is 7. The number of carbonyl (C=O) groups is 2. The van der Waals surface area contributed by atoms with Crippen molar-refractivity contribution < 1.29 is 27.3 Å². The summed E-state index contributed by atoms with van der Waals surface area (Å²) >= 11 is 0. The molecule has 1 heterocycles. The van der Waals surface area contributed by atoms with Crippen LogP contribution >= 0.6 is 0 Å². The number of anilines is 1. The summed E-state index contributed by atoms with van der Waals surface area (Å²) in [7, 11) is -2.55. The molecule has 140 valence electrons. The minimum absolute atomic E-state index is 0.0244. The number of aromatic nitrogens is 1. The Bertz CT molecular complexity index is 900. The van der Waals surface area contributed by atoms with Crippen LogP contribution in [0.2, 0.25) is 0 Å². The van der Waals surface area contributed by atoms with Gasteiger partial charge in [-0.05, 0) is 32.0 Å². The predicted molar refractivity (Wildman–Crippen MR) is 92.2 cm³/mol. The summed E-state index contributed by atoms with van der Waals surface area (Å²) in [6.07, 6.45) is -0.0922. The summed E-state index contributed by atoms with van der Waals surface area (Å²) in [5.41, 5.74) is 0.954. The van der Waals surface area contributed by atoms with Crippen molar-refractivity contribution in [1.82, 2.24) is 9.88 Å². The number of amides is 1. The van der Waals surface area contributed by atoms with E-state index in [0.717, 1.165) is 0 Å². The van der Waals surface area contributed by atoms with Gasteiger partial charge < -0.3 is 14.6 Å². The molecule has 0 unspecified atom stereocenters. The van der Waals surface area contributed by atoms with Crippen LogP contribution < -0.4 is 10.0 Å². The summed E-state index contributed by atoms with van der Waals surface area (Å²) in [6.45, 7) is 2.91. The Morgan fingerprint density at radius 2 is 2.00 bits per heavy atom. The molecule has 2 N–H and O–H groups in total. The van der Waals surface area contributed by atoms with E-state index in [0.29, 0.717) is 11.3 Å². The van der Waals surface area contributed by atoms with Gasteiger partial charge in [0.2, 0.25) is 15.9 Å². The van der Waals surface area contributed by atoms with Crippen LogP contribution in [-0.2, 0) is 19.6 Å². The smallest absolute Gasteiger partial charge is 0.337 e. The molecule has 0 radical (unpaired) electrons. The highest BCUT2D eigenvalue weighted by atomic mass is 32.2. The fourth-order valence-electron chi connectivity index (χ4n) is 2.29. The second kappa shape index (κ2) is 8.11. The molecule has 0 spiro atoms. The number of esters is 1. The molecule has 0 aliphatic heterocycles. The molecule has 0 aliphatic carbocycles. The third-order valence-electron chi connectivity index (χ3n) is 3.45. The number of nitrogens with one attached hydrogen (secondary N) is 2. The second-order valence-corrected chi connectivity index (χ2v) is 7.13. The van der Waals surface area contributed by atoms with Crippen LogP contribution in [0.4, 0.5) is 5.69 Å². The Labute approximate surface area is 150 Å². The fourth-order valence-corrected chi connectivity index (χ4v) is 3.65. The van der Waals surface area contributed by atoms with E-state index < -0.39 is 21.9 Å². The van der Waals surface area contributed by atoms with Gasteiger partial charge in [-0.2, -0.15) is 0 Å². The number of carbonyl (C=O) groups excluding carboxylic acids is 2. The van der Waals surface area contributed by atoms with Gasteiger partial charge >= 0.3 is 5.97 Å². The number of sulfonamides is 1. The quantitative estimate of drug-likeness (QED) is 0.694. The summed E-state index contributed by atoms with van der Waals surface area (Å²) in [6, 6.07) is 6.23. The second-order valence-electron chi connectivity index (χ2n) is 5.42. The van der Waals surface area contributed by atoms with E-state index in [1.807, 2.05) is 0 Å². The van der Waals surface area contributed by atoms with Crippen molar-refractivity contribution in [2.45, 2.75) is 25.2 Å². The SMILES string of the molecule is COC(=O)c1cccc(NC(=O)CCNS(=O)(=O)c2c(C)noc2C)c1. The largest absolute Gasteiger partial charge is 0.465 e. The van der Waals surface area contributed by atoms with Crippen molar-refractivity contribution in [1.29, 1.82) is 0 Å². The zero-order chi connectivity index (χ0) is 19.3. The molecule has 10 heteroatoms. The first-order valence-electron chi connectivity index (χ1n) is 7.65. The van der Waals surface area contributed by atoms with E-state index in [1.165, 1.54) is 27.0 Å². The summed E-state index contributed by atoms with van der Waals surface area (Å²) < 4.78 is 36.3. The molecule has 2 aromatic rings. The lowest BCUT2D eigenvalue weighted by Gasteiger charge is -2.08. The molecule has 2 rings (SSSR count). The number of benzene rings is 1. The summed E-state index contributed by atoms with van der Waals surface area (Å²) in [4.78, 5) is 23.4. The Morgan fingerprint density at radius 1 is 1.27 bits per heavy atom. The number of aryl methyl sites for hydroxylation is 2. The van der Waals surface area contributed by atoms with Crippen LogP contribution in [0.25, 0.3) is 0 Å². The van der Waals surface area contributed by atoms with Gasteiger partial charge in [0.05, 0.1) is 12.7 Å². The third-order valence-corrected chi connectivity index (χ3v) is 5.15. The highest BCUT2D eigenvalue weighted by molar-refractivity contribution is 7.89. The lowest BCUT2D eigenvalue weighted by atomic mass is 10.2. The number of ether oxygens (including phenoxy) is 1. The van der Waals surface area contributed by atoms with E-state index in [2.05, 4.69) is 19.9 Å². The molecular formula is C16H19N3O6S. The van der Waals surface area contributed by atoms with Crippen molar-refractivity contribution in [3.05, 3.63) is 41.3 Å². The third kappa shape index (κ3) is 4.67. The zero-order valence-electron chi connectivity index (χ0n) is 14.5. The van der Waals surface area contributed by atoms with Crippen molar-refractivity contribution >= 4 is 27.6 Å². The number of hydrogen-bond acceptors (Lipinski definition) is 7. The van der Waals surface area contributed by atoms with Crippen LogP contribution in [0.1, 0.15) is 28.2 Å². The van der Waals surface area contributed by atoms with E-state index in [1.54, 1.807) is 18.2 Å². The highest BCUT2D eigenvalue weighted by Gasteiger charge is 2.23. The van der Waals surface area contributed by atoms with Gasteiger partial charge in [0.25, 0.3) is 0 Å². The van der Waals surface area contributed by atoms with E-state index >= 15 is 0 Å². The maximum Gasteiger partial charge on any atom is 0.337 e. The molecule has 0 fully saturated rings. The Hall–Kier alpha value is -2.72. The van der Waals surface area contributed by atoms with Crippen molar-refractivity contribution in [2.75, 3.05) is 19.0 Å². The summed E-state index contributed by atoms with van der Waals surface area (Å²) in [5, 5.41) is 6.19. The molecule has 1 aromatic heterocycles. The lowest BCUT2D eigenvalue weighted by Crippen LogP contribution is -2.28. The number of hydrogen-bond donors (Lipinski definition) is 2. The molecule has 0 atom stereocenters. The molecule has 1 amide bonds.